The highest BCUT2D eigenvalue weighted by atomic mass is 32.2. The van der Waals surface area contributed by atoms with Gasteiger partial charge < -0.3 is 4.74 Å². The van der Waals surface area contributed by atoms with Crippen molar-refractivity contribution in [2.45, 2.75) is 30.6 Å². The van der Waals surface area contributed by atoms with Gasteiger partial charge in [0, 0.05) is 56.2 Å². The van der Waals surface area contributed by atoms with Gasteiger partial charge in [0.05, 0.1) is 22.9 Å². The van der Waals surface area contributed by atoms with Gasteiger partial charge in [-0.05, 0) is 92.4 Å². The number of hydrogen-bond acceptors (Lipinski definition) is 5. The van der Waals surface area contributed by atoms with Crippen molar-refractivity contribution in [3.05, 3.63) is 120 Å². The second-order valence-electron chi connectivity index (χ2n) is 10.9. The Hall–Kier alpha value is -4.46. The molecule has 0 fully saturated rings. The quantitative estimate of drug-likeness (QED) is 0.168. The monoisotopic (exact) mass is 612 g/mol. The zero-order valence-electron chi connectivity index (χ0n) is 25.3. The first-order valence-corrected chi connectivity index (χ1v) is 16.9. The first-order chi connectivity index (χ1) is 21.4. The molecule has 0 spiro atoms. The number of fused-ring (bicyclic) bond motifs is 3. The minimum atomic E-state index is 0.747. The lowest BCUT2D eigenvalue weighted by Gasteiger charge is -2.16. The molecule has 0 saturated heterocycles. The molecule has 44 heavy (non-hydrogen) atoms. The second kappa shape index (κ2) is 11.6. The highest BCUT2D eigenvalue weighted by molar-refractivity contribution is 7.99. The minimum Gasteiger partial charge on any atom is -0.457 e. The molecule has 7 aromatic rings. The molecule has 0 aliphatic heterocycles. The summed E-state index contributed by atoms with van der Waals surface area (Å²) in [4.78, 5) is 7.30. The first-order valence-electron chi connectivity index (χ1n) is 14.5. The second-order valence-corrected chi connectivity index (χ2v) is 12.6. The summed E-state index contributed by atoms with van der Waals surface area (Å²) in [5.41, 5.74) is 9.23. The number of rotatable bonds is 7. The van der Waals surface area contributed by atoms with Crippen LogP contribution in [-0.4, -0.2) is 31.8 Å². The first kappa shape index (κ1) is 28.3. The highest BCUT2D eigenvalue weighted by Gasteiger charge is 2.18. The van der Waals surface area contributed by atoms with Crippen LogP contribution >= 0.6 is 23.5 Å². The topological polar surface area (TPSA) is 44.9 Å². The molecule has 3 heterocycles. The SMILES string of the molecule is CSc1c(C)cc(C)c(SC)c1-c1cnn(-c2cccc(Oc3ccc4c5ccccc5n(-c5cc(C)ccn5)c4c3)c2)c1. The molecule has 0 unspecified atom stereocenters. The fraction of sp³-hybridized carbons (Fsp3) is 0.135. The molecule has 5 nitrogen and oxygen atoms in total. The molecule has 0 aliphatic carbocycles. The molecule has 0 saturated carbocycles. The van der Waals surface area contributed by atoms with E-state index in [0.717, 1.165) is 45.0 Å². The van der Waals surface area contributed by atoms with Gasteiger partial charge in [-0.15, -0.1) is 23.5 Å². The van der Waals surface area contributed by atoms with Gasteiger partial charge in [-0.3, -0.25) is 4.57 Å². The highest BCUT2D eigenvalue weighted by Crippen LogP contribution is 2.42. The van der Waals surface area contributed by atoms with Gasteiger partial charge in [-0.2, -0.15) is 5.10 Å². The van der Waals surface area contributed by atoms with Crippen LogP contribution in [0.3, 0.4) is 0 Å². The maximum Gasteiger partial charge on any atom is 0.137 e. The van der Waals surface area contributed by atoms with E-state index in [1.165, 1.54) is 37.4 Å². The van der Waals surface area contributed by atoms with E-state index in [-0.39, 0.29) is 0 Å². The van der Waals surface area contributed by atoms with Crippen molar-refractivity contribution in [2.75, 3.05) is 12.5 Å². The van der Waals surface area contributed by atoms with Crippen LogP contribution in [-0.2, 0) is 0 Å². The Morgan fingerprint density at radius 1 is 0.705 bits per heavy atom. The number of aromatic nitrogens is 4. The van der Waals surface area contributed by atoms with Gasteiger partial charge in [0.1, 0.15) is 17.3 Å². The Morgan fingerprint density at radius 3 is 2.23 bits per heavy atom. The summed E-state index contributed by atoms with van der Waals surface area (Å²) in [6.45, 7) is 6.46. The third-order valence-electron chi connectivity index (χ3n) is 7.98. The third-order valence-corrected chi connectivity index (χ3v) is 9.84. The molecule has 218 valence electrons. The molecule has 3 aromatic heterocycles. The number of pyridine rings is 1. The number of para-hydroxylation sites is 1. The van der Waals surface area contributed by atoms with Crippen LogP contribution in [0.1, 0.15) is 16.7 Å². The number of thioether (sulfide) groups is 2. The summed E-state index contributed by atoms with van der Waals surface area (Å²) in [6, 6.07) is 29.2. The molecule has 0 aliphatic rings. The van der Waals surface area contributed by atoms with Gasteiger partial charge in [0.15, 0.2) is 0 Å². The van der Waals surface area contributed by atoms with Crippen molar-refractivity contribution in [3.63, 3.8) is 0 Å². The maximum absolute atomic E-state index is 6.47. The van der Waals surface area contributed by atoms with Crippen molar-refractivity contribution in [1.82, 2.24) is 19.3 Å². The van der Waals surface area contributed by atoms with Crippen molar-refractivity contribution in [1.29, 1.82) is 0 Å². The average molecular weight is 613 g/mol. The normalized spacial score (nSPS) is 11.5. The molecule has 0 amide bonds. The van der Waals surface area contributed by atoms with E-state index in [1.807, 2.05) is 47.4 Å². The van der Waals surface area contributed by atoms with Crippen LogP contribution in [0.2, 0.25) is 0 Å². The van der Waals surface area contributed by atoms with Crippen LogP contribution in [0.25, 0.3) is 44.4 Å². The zero-order valence-corrected chi connectivity index (χ0v) is 27.0. The molecule has 0 bridgehead atoms. The largest absolute Gasteiger partial charge is 0.457 e. The number of aryl methyl sites for hydroxylation is 3. The summed E-state index contributed by atoms with van der Waals surface area (Å²) in [6.07, 6.45) is 10.2. The van der Waals surface area contributed by atoms with E-state index in [2.05, 4.69) is 98.6 Å². The van der Waals surface area contributed by atoms with Gasteiger partial charge in [0.2, 0.25) is 0 Å². The summed E-state index contributed by atoms with van der Waals surface area (Å²) >= 11 is 3.58. The Balaban J connectivity index is 1.25. The predicted octanol–water partition coefficient (Wildman–Crippen LogP) is 10.2. The minimum absolute atomic E-state index is 0.747. The van der Waals surface area contributed by atoms with Crippen LogP contribution in [0.5, 0.6) is 11.5 Å². The van der Waals surface area contributed by atoms with E-state index in [0.29, 0.717) is 0 Å². The number of hydrogen-bond donors (Lipinski definition) is 0. The third kappa shape index (κ3) is 4.96. The predicted molar refractivity (Wildman–Crippen MR) is 185 cm³/mol. The van der Waals surface area contributed by atoms with E-state index in [1.54, 1.807) is 23.5 Å². The van der Waals surface area contributed by atoms with Gasteiger partial charge in [-0.1, -0.05) is 30.3 Å². The lowest BCUT2D eigenvalue weighted by atomic mass is 10.0. The van der Waals surface area contributed by atoms with Gasteiger partial charge in [0.25, 0.3) is 0 Å². The van der Waals surface area contributed by atoms with Crippen molar-refractivity contribution >= 4 is 45.3 Å². The Bertz CT molecular complexity index is 2150. The summed E-state index contributed by atoms with van der Waals surface area (Å²) in [5, 5.41) is 7.12. The Morgan fingerprint density at radius 2 is 1.45 bits per heavy atom. The number of nitrogens with zero attached hydrogens (tertiary/aromatic N) is 4. The van der Waals surface area contributed by atoms with Gasteiger partial charge in [-0.25, -0.2) is 9.67 Å². The fourth-order valence-corrected chi connectivity index (χ4v) is 7.74. The van der Waals surface area contributed by atoms with Crippen LogP contribution in [0.4, 0.5) is 0 Å². The molecule has 7 rings (SSSR count). The van der Waals surface area contributed by atoms with Crippen LogP contribution in [0, 0.1) is 20.8 Å². The lowest BCUT2D eigenvalue weighted by Crippen LogP contribution is -1.97. The van der Waals surface area contributed by atoms with E-state index < -0.39 is 0 Å². The van der Waals surface area contributed by atoms with Crippen molar-refractivity contribution in [2.24, 2.45) is 0 Å². The van der Waals surface area contributed by atoms with Crippen LogP contribution < -0.4 is 4.74 Å². The van der Waals surface area contributed by atoms with Crippen molar-refractivity contribution < 1.29 is 4.74 Å². The van der Waals surface area contributed by atoms with E-state index in [4.69, 9.17) is 14.8 Å². The van der Waals surface area contributed by atoms with Crippen LogP contribution in [0.15, 0.2) is 113 Å². The van der Waals surface area contributed by atoms with E-state index in [9.17, 15) is 0 Å². The molecule has 0 atom stereocenters. The summed E-state index contributed by atoms with van der Waals surface area (Å²) < 4.78 is 10.6. The van der Waals surface area contributed by atoms with Gasteiger partial charge >= 0.3 is 0 Å². The molecule has 4 aromatic carbocycles. The van der Waals surface area contributed by atoms with Crippen molar-refractivity contribution in [3.8, 4) is 34.1 Å². The maximum atomic E-state index is 6.47. The summed E-state index contributed by atoms with van der Waals surface area (Å²) in [5.74, 6) is 2.40. The molecular weight excluding hydrogens is 581 g/mol. The summed E-state index contributed by atoms with van der Waals surface area (Å²) in [7, 11) is 0. The fourth-order valence-electron chi connectivity index (χ4n) is 6.06. The Kier molecular flexibility index (Phi) is 7.44. The smallest absolute Gasteiger partial charge is 0.137 e. The van der Waals surface area contributed by atoms with E-state index >= 15 is 0 Å². The zero-order chi connectivity index (χ0) is 30.4. The lowest BCUT2D eigenvalue weighted by molar-refractivity contribution is 0.483. The number of benzene rings is 4. The molecular formula is C37H32N4OS2. The standard InChI is InChI=1S/C37H32N4OS2/c1-23-15-16-38-34(17-23)41-32-12-7-6-11-30(32)31-14-13-29(20-33(31)41)42-28-10-8-9-27(19-28)40-22-26(21-39-40)35-36(43-4)24(2)18-25(3)37(35)44-5/h6-22H,1-5H3. The number of ether oxygens (including phenoxy) is 1. The average Bonchev–Trinajstić information content (AvgIpc) is 3.64. The molecule has 0 radical (unpaired) electrons. The Labute approximate surface area is 265 Å². The molecule has 7 heteroatoms. The molecule has 0 N–H and O–H groups in total.